The van der Waals surface area contributed by atoms with Crippen molar-refractivity contribution in [2.75, 3.05) is 11.9 Å². The van der Waals surface area contributed by atoms with Crippen LogP contribution in [0.2, 0.25) is 5.15 Å². The highest BCUT2D eigenvalue weighted by molar-refractivity contribution is 6.31. The van der Waals surface area contributed by atoms with E-state index in [0.29, 0.717) is 17.4 Å². The van der Waals surface area contributed by atoms with Gasteiger partial charge < -0.3 is 4.90 Å². The number of hydrogen-bond donors (Lipinski definition) is 0. The van der Waals surface area contributed by atoms with Crippen LogP contribution < -0.4 is 4.90 Å². The molecule has 0 bridgehead atoms. The predicted octanol–water partition coefficient (Wildman–Crippen LogP) is 2.49. The Morgan fingerprint density at radius 3 is 2.50 bits per heavy atom. The van der Waals surface area contributed by atoms with Crippen LogP contribution in [0.3, 0.4) is 0 Å². The van der Waals surface area contributed by atoms with Gasteiger partial charge in [0.1, 0.15) is 0 Å². The van der Waals surface area contributed by atoms with Crippen LogP contribution in [0.1, 0.15) is 24.7 Å². The average molecular weight is 239 g/mol. The van der Waals surface area contributed by atoms with Crippen LogP contribution in [-0.2, 0) is 0 Å². The van der Waals surface area contributed by atoms with E-state index in [9.17, 15) is 0 Å². The van der Waals surface area contributed by atoms with E-state index in [4.69, 9.17) is 16.9 Å². The number of nitriles is 1. The molecule has 4 nitrogen and oxygen atoms in total. The molecule has 1 rings (SSSR count). The summed E-state index contributed by atoms with van der Waals surface area (Å²) in [6, 6.07) is 2.20. The zero-order chi connectivity index (χ0) is 12.3. The second-order valence-corrected chi connectivity index (χ2v) is 4.19. The van der Waals surface area contributed by atoms with E-state index >= 15 is 0 Å². The summed E-state index contributed by atoms with van der Waals surface area (Å²) >= 11 is 6.04. The van der Waals surface area contributed by atoms with Crippen molar-refractivity contribution in [3.8, 4) is 6.07 Å². The lowest BCUT2D eigenvalue weighted by atomic mass is 10.2. The van der Waals surface area contributed by atoms with E-state index in [-0.39, 0.29) is 6.04 Å². The summed E-state index contributed by atoms with van der Waals surface area (Å²) in [6.45, 7) is 5.72. The van der Waals surface area contributed by atoms with Crippen molar-refractivity contribution in [3.63, 3.8) is 0 Å². The lowest BCUT2D eigenvalue weighted by molar-refractivity contribution is 0.690. The highest BCUT2D eigenvalue weighted by Crippen LogP contribution is 2.23. The molecule has 0 saturated heterocycles. The van der Waals surface area contributed by atoms with Gasteiger partial charge in [-0.25, -0.2) is 9.97 Å². The molecule has 1 unspecified atom stereocenters. The van der Waals surface area contributed by atoms with E-state index in [1.807, 2.05) is 32.7 Å². The maximum absolute atomic E-state index is 8.65. The van der Waals surface area contributed by atoms with Gasteiger partial charge in [-0.1, -0.05) is 11.6 Å². The van der Waals surface area contributed by atoms with Crippen LogP contribution in [0.4, 0.5) is 5.82 Å². The Kier molecular flexibility index (Phi) is 4.08. The fourth-order valence-corrected chi connectivity index (χ4v) is 1.57. The van der Waals surface area contributed by atoms with E-state index in [0.717, 1.165) is 11.4 Å². The van der Waals surface area contributed by atoms with Crippen LogP contribution in [0.5, 0.6) is 0 Å². The Balaban J connectivity index is 3.04. The maximum Gasteiger partial charge on any atom is 0.171 e. The van der Waals surface area contributed by atoms with Gasteiger partial charge >= 0.3 is 0 Å². The van der Waals surface area contributed by atoms with E-state index in [1.54, 1.807) is 0 Å². The number of rotatable bonds is 3. The molecule has 1 atom stereocenters. The van der Waals surface area contributed by atoms with Gasteiger partial charge in [0.2, 0.25) is 0 Å². The molecule has 1 aromatic rings. The maximum atomic E-state index is 8.65. The normalized spacial score (nSPS) is 12.0. The van der Waals surface area contributed by atoms with Gasteiger partial charge in [0.15, 0.2) is 11.0 Å². The molecule has 0 N–H and O–H groups in total. The second-order valence-electron chi connectivity index (χ2n) is 3.83. The van der Waals surface area contributed by atoms with Crippen molar-refractivity contribution in [3.05, 3.63) is 16.5 Å². The van der Waals surface area contributed by atoms with Crippen LogP contribution >= 0.6 is 11.6 Å². The highest BCUT2D eigenvalue weighted by atomic mass is 35.5. The molecular formula is C11H15ClN4. The van der Waals surface area contributed by atoms with E-state index in [2.05, 4.69) is 16.0 Å². The van der Waals surface area contributed by atoms with Gasteiger partial charge in [-0.05, 0) is 20.8 Å². The summed E-state index contributed by atoms with van der Waals surface area (Å²) in [4.78, 5) is 10.5. The minimum Gasteiger partial charge on any atom is -0.353 e. The molecule has 0 aromatic carbocycles. The van der Waals surface area contributed by atoms with Crippen molar-refractivity contribution in [1.29, 1.82) is 5.26 Å². The number of hydrogen-bond acceptors (Lipinski definition) is 4. The summed E-state index contributed by atoms with van der Waals surface area (Å²) in [7, 11) is 1.87. The zero-order valence-electron chi connectivity index (χ0n) is 9.95. The molecule has 0 saturated carbocycles. The van der Waals surface area contributed by atoms with Gasteiger partial charge in [-0.2, -0.15) is 5.26 Å². The Morgan fingerprint density at radius 1 is 1.38 bits per heavy atom. The number of anilines is 1. The van der Waals surface area contributed by atoms with Gasteiger partial charge in [0, 0.05) is 13.1 Å². The zero-order valence-corrected chi connectivity index (χ0v) is 10.7. The molecule has 0 amide bonds. The Bertz CT molecular complexity index is 425. The van der Waals surface area contributed by atoms with Gasteiger partial charge in [0.25, 0.3) is 0 Å². The summed E-state index contributed by atoms with van der Waals surface area (Å²) in [5.74, 6) is 0.632. The number of aromatic nitrogens is 2. The van der Waals surface area contributed by atoms with Gasteiger partial charge in [0.05, 0.1) is 23.9 Å². The number of nitrogens with zero attached hydrogens (tertiary/aromatic N) is 4. The molecular weight excluding hydrogens is 224 g/mol. The van der Waals surface area contributed by atoms with Crippen molar-refractivity contribution in [2.45, 2.75) is 33.2 Å². The molecule has 5 heteroatoms. The summed E-state index contributed by atoms with van der Waals surface area (Å²) in [6.07, 6.45) is 0.432. The molecule has 0 spiro atoms. The Morgan fingerprint density at radius 2 is 1.94 bits per heavy atom. The molecule has 0 aliphatic heterocycles. The number of aryl methyl sites for hydroxylation is 2. The van der Waals surface area contributed by atoms with Crippen LogP contribution in [-0.4, -0.2) is 23.1 Å². The smallest absolute Gasteiger partial charge is 0.171 e. The second kappa shape index (κ2) is 5.13. The summed E-state index contributed by atoms with van der Waals surface area (Å²) in [5.41, 5.74) is 1.69. The SMILES string of the molecule is Cc1nc(Cl)c(N(C)C(C)CC#N)nc1C. The molecule has 86 valence electrons. The summed E-state index contributed by atoms with van der Waals surface area (Å²) in [5, 5.41) is 9.04. The first-order chi connectivity index (χ1) is 7.47. The lowest BCUT2D eigenvalue weighted by Crippen LogP contribution is -2.30. The molecule has 16 heavy (non-hydrogen) atoms. The fraction of sp³-hybridized carbons (Fsp3) is 0.545. The first-order valence-electron chi connectivity index (χ1n) is 5.08. The Labute approximate surface area is 101 Å². The van der Waals surface area contributed by atoms with E-state index in [1.165, 1.54) is 0 Å². The third-order valence-electron chi connectivity index (χ3n) is 2.63. The predicted molar refractivity (Wildman–Crippen MR) is 64.6 cm³/mol. The lowest BCUT2D eigenvalue weighted by Gasteiger charge is -2.25. The topological polar surface area (TPSA) is 52.8 Å². The third-order valence-corrected chi connectivity index (χ3v) is 2.88. The first kappa shape index (κ1) is 12.7. The van der Waals surface area contributed by atoms with Crippen molar-refractivity contribution in [2.24, 2.45) is 0 Å². The largest absolute Gasteiger partial charge is 0.353 e. The minimum atomic E-state index is 0.0684. The van der Waals surface area contributed by atoms with Crippen molar-refractivity contribution >= 4 is 17.4 Å². The van der Waals surface area contributed by atoms with Crippen LogP contribution in [0, 0.1) is 25.2 Å². The molecule has 0 aliphatic carbocycles. The van der Waals surface area contributed by atoms with Crippen molar-refractivity contribution in [1.82, 2.24) is 9.97 Å². The molecule has 1 aromatic heterocycles. The average Bonchev–Trinajstić information content (AvgIpc) is 2.23. The standard InChI is InChI=1S/C11H15ClN4/c1-7(5-6-13)16(4)11-10(12)14-8(2)9(3)15-11/h7H,5H2,1-4H3. The van der Waals surface area contributed by atoms with E-state index < -0.39 is 0 Å². The van der Waals surface area contributed by atoms with Gasteiger partial charge in [-0.3, -0.25) is 0 Å². The van der Waals surface area contributed by atoms with Crippen LogP contribution in [0.15, 0.2) is 0 Å². The molecule has 0 aliphatic rings. The van der Waals surface area contributed by atoms with Crippen LogP contribution in [0.25, 0.3) is 0 Å². The third kappa shape index (κ3) is 2.61. The molecule has 1 heterocycles. The fourth-order valence-electron chi connectivity index (χ4n) is 1.27. The van der Waals surface area contributed by atoms with Crippen molar-refractivity contribution < 1.29 is 0 Å². The highest BCUT2D eigenvalue weighted by Gasteiger charge is 2.16. The summed E-state index contributed by atoms with van der Waals surface area (Å²) < 4.78 is 0. The quantitative estimate of drug-likeness (QED) is 0.812. The number of halogens is 1. The molecule has 0 fully saturated rings. The molecule has 0 radical (unpaired) electrons. The monoisotopic (exact) mass is 238 g/mol. The first-order valence-corrected chi connectivity index (χ1v) is 5.45. The Hall–Kier alpha value is -1.34. The minimum absolute atomic E-state index is 0.0684. The van der Waals surface area contributed by atoms with Gasteiger partial charge in [-0.15, -0.1) is 0 Å².